The number of rotatable bonds is 52. The molecule has 0 aliphatic rings. The number of carbonyl (C=O) groups is 1. The van der Waals surface area contributed by atoms with Gasteiger partial charge in [0.2, 0.25) is 5.91 Å². The number of phosphoric acid groups is 1. The normalized spacial score (nSPS) is 14.0. The number of nitrogens with zero attached hydrogens (tertiary/aromatic N) is 1. The van der Waals surface area contributed by atoms with E-state index in [4.69, 9.17) is 9.05 Å². The van der Waals surface area contributed by atoms with Gasteiger partial charge in [0.05, 0.1) is 39.9 Å². The SMILES string of the molecule is CCCCCCCCCCCCCCCCCCCCCCCCCCC(O)C(COP(=O)([O-])OCC[N+](C)(C)C)NC(=O)CCCCCCCCCCCCCCCCCCC. The van der Waals surface area contributed by atoms with Gasteiger partial charge in [-0.3, -0.25) is 9.36 Å². The van der Waals surface area contributed by atoms with Gasteiger partial charge in [0.25, 0.3) is 7.82 Å². The number of unbranched alkanes of at least 4 members (excludes halogenated alkanes) is 39. The van der Waals surface area contributed by atoms with Gasteiger partial charge in [-0.25, -0.2) is 0 Å². The predicted octanol–water partition coefficient (Wildman–Crippen LogP) is 15.9. The maximum Gasteiger partial charge on any atom is 0.268 e. The van der Waals surface area contributed by atoms with Gasteiger partial charge in [0.1, 0.15) is 13.2 Å². The van der Waals surface area contributed by atoms with Crippen molar-refractivity contribution in [3.05, 3.63) is 0 Å². The molecule has 0 saturated heterocycles. The van der Waals surface area contributed by atoms with Gasteiger partial charge in [-0.1, -0.05) is 271 Å². The van der Waals surface area contributed by atoms with E-state index in [0.29, 0.717) is 23.9 Å². The van der Waals surface area contributed by atoms with Crippen molar-refractivity contribution in [2.45, 2.75) is 302 Å². The fourth-order valence-electron chi connectivity index (χ4n) is 8.69. The Hall–Kier alpha value is -0.500. The zero-order valence-corrected chi connectivity index (χ0v) is 44.0. The van der Waals surface area contributed by atoms with Crippen LogP contribution in [0.3, 0.4) is 0 Å². The van der Waals surface area contributed by atoms with Crippen LogP contribution >= 0.6 is 7.82 Å². The lowest BCUT2D eigenvalue weighted by molar-refractivity contribution is -0.870. The summed E-state index contributed by atoms with van der Waals surface area (Å²) in [6.07, 6.45) is 54.1. The summed E-state index contributed by atoms with van der Waals surface area (Å²) in [7, 11) is 1.32. The minimum absolute atomic E-state index is 0.0166. The number of nitrogens with one attached hydrogen (secondary N) is 1. The van der Waals surface area contributed by atoms with Crippen molar-refractivity contribution in [1.82, 2.24) is 5.32 Å². The number of hydrogen-bond acceptors (Lipinski definition) is 6. The number of aliphatic hydroxyl groups is 1. The summed E-state index contributed by atoms with van der Waals surface area (Å²) in [6, 6.07) is -0.794. The summed E-state index contributed by atoms with van der Waals surface area (Å²) in [6.45, 7) is 4.77. The number of aliphatic hydroxyl groups excluding tert-OH is 1. The van der Waals surface area contributed by atoms with Gasteiger partial charge < -0.3 is 28.8 Å². The summed E-state index contributed by atoms with van der Waals surface area (Å²) in [5.41, 5.74) is 0. The molecule has 63 heavy (non-hydrogen) atoms. The van der Waals surface area contributed by atoms with Crippen LogP contribution in [0.1, 0.15) is 290 Å². The van der Waals surface area contributed by atoms with Crippen molar-refractivity contribution >= 4 is 13.7 Å². The quantitative estimate of drug-likeness (QED) is 0.0357. The zero-order chi connectivity index (χ0) is 46.4. The molecule has 0 rings (SSSR count). The van der Waals surface area contributed by atoms with Crippen LogP contribution in [0.2, 0.25) is 0 Å². The highest BCUT2D eigenvalue weighted by atomic mass is 31.2. The van der Waals surface area contributed by atoms with E-state index >= 15 is 0 Å². The molecule has 0 aromatic carbocycles. The molecule has 0 aromatic heterocycles. The van der Waals surface area contributed by atoms with E-state index in [0.717, 1.165) is 38.5 Å². The van der Waals surface area contributed by atoms with Crippen LogP contribution in [0.25, 0.3) is 0 Å². The van der Waals surface area contributed by atoms with Crippen molar-refractivity contribution in [3.8, 4) is 0 Å². The van der Waals surface area contributed by atoms with E-state index in [1.165, 1.54) is 225 Å². The van der Waals surface area contributed by atoms with E-state index < -0.39 is 20.0 Å². The molecule has 0 fully saturated rings. The Morgan fingerprint density at radius 1 is 0.492 bits per heavy atom. The molecule has 378 valence electrons. The molecule has 0 saturated carbocycles. The average Bonchev–Trinajstić information content (AvgIpc) is 3.24. The Morgan fingerprint density at radius 2 is 0.778 bits per heavy atom. The zero-order valence-electron chi connectivity index (χ0n) is 43.1. The summed E-state index contributed by atoms with van der Waals surface area (Å²) in [5.74, 6) is -0.158. The summed E-state index contributed by atoms with van der Waals surface area (Å²) >= 11 is 0. The lowest BCUT2D eigenvalue weighted by Crippen LogP contribution is -2.46. The number of amides is 1. The minimum Gasteiger partial charge on any atom is -0.756 e. The van der Waals surface area contributed by atoms with Crippen LogP contribution in [0.4, 0.5) is 0 Å². The molecule has 3 atom stereocenters. The number of phosphoric ester groups is 1. The Morgan fingerprint density at radius 3 is 1.08 bits per heavy atom. The third kappa shape index (κ3) is 49.2. The molecule has 0 spiro atoms. The molecule has 0 bridgehead atoms. The Balaban J connectivity index is 4.14. The second-order valence-electron chi connectivity index (χ2n) is 20.7. The predicted molar refractivity (Wildman–Crippen MR) is 270 cm³/mol. The largest absolute Gasteiger partial charge is 0.756 e. The third-order valence-electron chi connectivity index (χ3n) is 13.1. The maximum atomic E-state index is 13.0. The third-order valence-corrected chi connectivity index (χ3v) is 14.1. The molecule has 8 nitrogen and oxygen atoms in total. The topological polar surface area (TPSA) is 108 Å². The monoisotopic (exact) mass is 915 g/mol. The van der Waals surface area contributed by atoms with Crippen LogP contribution in [0.5, 0.6) is 0 Å². The van der Waals surface area contributed by atoms with E-state index in [1.807, 2.05) is 21.1 Å². The van der Waals surface area contributed by atoms with Crippen LogP contribution in [0, 0.1) is 0 Å². The first kappa shape index (κ1) is 62.5. The molecule has 0 aromatic rings. The molecule has 1 amide bonds. The standard InChI is InChI=1S/C54H111N2O6P/c1-6-8-10-12-14-16-18-20-22-24-25-26-27-28-29-30-32-33-35-37-39-41-43-45-47-53(57)52(51-62-63(59,60)61-50-49-56(3,4)5)55-54(58)48-46-44-42-40-38-36-34-31-23-21-19-17-15-13-11-9-7-2/h52-53,57H,6-51H2,1-5H3,(H-,55,58,59,60). The van der Waals surface area contributed by atoms with Crippen molar-refractivity contribution < 1.29 is 32.9 Å². The first-order valence-electron chi connectivity index (χ1n) is 27.9. The van der Waals surface area contributed by atoms with Gasteiger partial charge >= 0.3 is 0 Å². The molecule has 9 heteroatoms. The second kappa shape index (κ2) is 46.6. The fraction of sp³-hybridized carbons (Fsp3) is 0.981. The van der Waals surface area contributed by atoms with Crippen molar-refractivity contribution in [2.75, 3.05) is 40.9 Å². The van der Waals surface area contributed by atoms with E-state index in [1.54, 1.807) is 0 Å². The lowest BCUT2D eigenvalue weighted by Gasteiger charge is -2.30. The summed E-state index contributed by atoms with van der Waals surface area (Å²) in [5, 5.41) is 14.0. The first-order chi connectivity index (χ1) is 30.5. The molecule has 2 N–H and O–H groups in total. The molecule has 0 radical (unpaired) electrons. The van der Waals surface area contributed by atoms with Crippen LogP contribution < -0.4 is 10.2 Å². The van der Waals surface area contributed by atoms with Gasteiger partial charge in [0.15, 0.2) is 0 Å². The van der Waals surface area contributed by atoms with E-state index in [9.17, 15) is 19.4 Å². The number of likely N-dealkylation sites (N-methyl/N-ethyl adjacent to an activating group) is 1. The molecule has 0 aliphatic carbocycles. The van der Waals surface area contributed by atoms with Gasteiger partial charge in [-0.2, -0.15) is 0 Å². The first-order valence-corrected chi connectivity index (χ1v) is 29.3. The van der Waals surface area contributed by atoms with Crippen LogP contribution in [0.15, 0.2) is 0 Å². The molecule has 0 aliphatic heterocycles. The smallest absolute Gasteiger partial charge is 0.268 e. The molecular weight excluding hydrogens is 804 g/mol. The van der Waals surface area contributed by atoms with Gasteiger partial charge in [-0.05, 0) is 12.8 Å². The number of carbonyl (C=O) groups excluding carboxylic acids is 1. The minimum atomic E-state index is -4.57. The van der Waals surface area contributed by atoms with Crippen molar-refractivity contribution in [1.29, 1.82) is 0 Å². The van der Waals surface area contributed by atoms with Crippen LogP contribution in [-0.4, -0.2) is 68.5 Å². The Labute approximate surface area is 393 Å². The van der Waals surface area contributed by atoms with E-state index in [2.05, 4.69) is 19.2 Å². The van der Waals surface area contributed by atoms with E-state index in [-0.39, 0.29) is 19.1 Å². The maximum absolute atomic E-state index is 13.0. The highest BCUT2D eigenvalue weighted by Gasteiger charge is 2.24. The molecule has 0 heterocycles. The fourth-order valence-corrected chi connectivity index (χ4v) is 9.41. The Bertz CT molecular complexity index is 994. The number of hydrogen-bond donors (Lipinski definition) is 2. The van der Waals surface area contributed by atoms with Gasteiger partial charge in [-0.15, -0.1) is 0 Å². The van der Waals surface area contributed by atoms with Crippen molar-refractivity contribution in [2.24, 2.45) is 0 Å². The van der Waals surface area contributed by atoms with Gasteiger partial charge in [0, 0.05) is 6.42 Å². The second-order valence-corrected chi connectivity index (χ2v) is 22.1. The summed E-state index contributed by atoms with van der Waals surface area (Å²) < 4.78 is 23.4. The summed E-state index contributed by atoms with van der Waals surface area (Å²) in [4.78, 5) is 25.5. The molecule has 3 unspecified atom stereocenters. The lowest BCUT2D eigenvalue weighted by atomic mass is 10.0. The highest BCUT2D eigenvalue weighted by molar-refractivity contribution is 7.45. The highest BCUT2D eigenvalue weighted by Crippen LogP contribution is 2.38. The Kier molecular flexibility index (Phi) is 46.2. The molecular formula is C54H111N2O6P. The average molecular weight is 915 g/mol. The van der Waals surface area contributed by atoms with Crippen LogP contribution in [-0.2, 0) is 18.4 Å². The van der Waals surface area contributed by atoms with Crippen molar-refractivity contribution in [3.63, 3.8) is 0 Å². The number of quaternary nitrogens is 1.